The minimum Gasteiger partial charge on any atom is -0.314 e. The van der Waals surface area contributed by atoms with Crippen molar-refractivity contribution in [1.82, 2.24) is 5.32 Å². The molecule has 1 fully saturated rings. The number of nitrogens with one attached hydrogen (secondary N) is 1. The molecule has 1 aliphatic heterocycles. The van der Waals surface area contributed by atoms with Crippen molar-refractivity contribution in [2.45, 2.75) is 31.7 Å². The highest BCUT2D eigenvalue weighted by molar-refractivity contribution is 8.27. The summed E-state index contributed by atoms with van der Waals surface area (Å²) >= 11 is 0. The van der Waals surface area contributed by atoms with Crippen LogP contribution >= 0.6 is 11.0 Å². The van der Waals surface area contributed by atoms with E-state index in [4.69, 9.17) is 0 Å². The number of benzene rings is 2. The molecule has 0 amide bonds. The Labute approximate surface area is 159 Å². The van der Waals surface area contributed by atoms with Gasteiger partial charge in [-0.05, 0) is 61.0 Å². The van der Waals surface area contributed by atoms with Crippen LogP contribution in [0.15, 0.2) is 42.5 Å². The van der Waals surface area contributed by atoms with E-state index in [2.05, 4.69) is 5.32 Å². The lowest BCUT2D eigenvalue weighted by molar-refractivity contribution is 0.339. The molecule has 2 aromatic rings. The highest BCUT2D eigenvalue weighted by Crippen LogP contribution is 2.64. The van der Waals surface area contributed by atoms with Crippen LogP contribution in [0.5, 0.6) is 0 Å². The third kappa shape index (κ3) is 3.27. The second kappa shape index (κ2) is 7.27. The maximum Gasteiger partial charge on any atom is 0.151 e. The summed E-state index contributed by atoms with van der Waals surface area (Å²) in [6.07, 6.45) is 4.30. The van der Waals surface area contributed by atoms with E-state index in [0.29, 0.717) is 30.4 Å². The fraction of sp³-hybridized carbons (Fsp3) is 0.368. The molecule has 5 nitrogen and oxygen atoms in total. The van der Waals surface area contributed by atoms with Crippen molar-refractivity contribution < 1.29 is 17.9 Å². The number of rotatable bonds is 6. The van der Waals surface area contributed by atoms with Gasteiger partial charge in [0.15, 0.2) is 11.6 Å². The number of anilines is 3. The Morgan fingerprint density at radius 2 is 1.67 bits per heavy atom. The fourth-order valence-electron chi connectivity index (χ4n) is 3.52. The van der Waals surface area contributed by atoms with Crippen LogP contribution in [0, 0.1) is 11.6 Å². The molecule has 27 heavy (non-hydrogen) atoms. The molecule has 0 spiro atoms. The molecular formula is C19H23F2N3O2S. The number of para-hydroxylation sites is 3. The van der Waals surface area contributed by atoms with Crippen LogP contribution < -0.4 is 13.9 Å². The molecule has 1 saturated carbocycles. The van der Waals surface area contributed by atoms with Gasteiger partial charge in [0.25, 0.3) is 0 Å². The van der Waals surface area contributed by atoms with Gasteiger partial charge in [-0.3, -0.25) is 13.4 Å². The Kier molecular flexibility index (Phi) is 4.98. The second-order valence-corrected chi connectivity index (χ2v) is 8.67. The first-order chi connectivity index (χ1) is 13.0. The van der Waals surface area contributed by atoms with E-state index in [-0.39, 0.29) is 0 Å². The van der Waals surface area contributed by atoms with Crippen LogP contribution in [0.4, 0.5) is 25.8 Å². The third-order valence-electron chi connectivity index (χ3n) is 5.13. The van der Waals surface area contributed by atoms with E-state index >= 15 is 0 Å². The van der Waals surface area contributed by atoms with Gasteiger partial charge >= 0.3 is 0 Å². The summed E-state index contributed by atoms with van der Waals surface area (Å²) in [5.74, 6) is -1.67. The molecular weight excluding hydrogens is 372 g/mol. The summed E-state index contributed by atoms with van der Waals surface area (Å²) in [5.41, 5.74) is 0.497. The van der Waals surface area contributed by atoms with Gasteiger partial charge in [-0.1, -0.05) is 24.6 Å². The van der Waals surface area contributed by atoms with Crippen LogP contribution in [0.2, 0.25) is 0 Å². The Balaban J connectivity index is 1.61. The molecule has 4 rings (SSSR count). The molecule has 0 saturated heterocycles. The molecule has 8 heteroatoms. The standard InChI is InChI=1S/C19H23F2N3O2S/c20-15-8-4-9-16(21)19(15)24-18-11-2-1-10-17(18)23(27(24,25)26)13-5-12-22-14-6-3-7-14/h1-2,4,8-11,14,22,25-26H,3,5-7,12-13H2. The van der Waals surface area contributed by atoms with Crippen molar-refractivity contribution in [1.29, 1.82) is 0 Å². The lowest BCUT2D eigenvalue weighted by atomic mass is 9.93. The zero-order valence-electron chi connectivity index (χ0n) is 14.8. The first kappa shape index (κ1) is 18.5. The average Bonchev–Trinajstić information content (AvgIpc) is 2.81. The largest absolute Gasteiger partial charge is 0.314 e. The molecule has 0 bridgehead atoms. The normalized spacial score (nSPS) is 19.7. The molecule has 146 valence electrons. The lowest BCUT2D eigenvalue weighted by Crippen LogP contribution is -2.38. The van der Waals surface area contributed by atoms with E-state index < -0.39 is 28.3 Å². The van der Waals surface area contributed by atoms with Gasteiger partial charge in [-0.15, -0.1) is 0 Å². The van der Waals surface area contributed by atoms with Crippen molar-refractivity contribution >= 4 is 28.0 Å². The van der Waals surface area contributed by atoms with E-state index in [9.17, 15) is 17.9 Å². The molecule has 3 N–H and O–H groups in total. The summed E-state index contributed by atoms with van der Waals surface area (Å²) < 4.78 is 53.1. The van der Waals surface area contributed by atoms with Crippen LogP contribution in [-0.4, -0.2) is 28.2 Å². The predicted molar refractivity (Wildman–Crippen MR) is 105 cm³/mol. The molecule has 0 atom stereocenters. The topological polar surface area (TPSA) is 59.0 Å². The molecule has 0 aromatic heterocycles. The summed E-state index contributed by atoms with van der Waals surface area (Å²) in [4.78, 5) is 0. The van der Waals surface area contributed by atoms with Gasteiger partial charge in [0.1, 0.15) is 5.69 Å². The number of fused-ring (bicyclic) bond motifs is 1. The monoisotopic (exact) mass is 395 g/mol. The molecule has 2 aromatic carbocycles. The molecule has 1 aliphatic carbocycles. The number of hydrogen-bond donors (Lipinski definition) is 3. The first-order valence-electron chi connectivity index (χ1n) is 9.13. The summed E-state index contributed by atoms with van der Waals surface area (Å²) in [6.45, 7) is 1.12. The van der Waals surface area contributed by atoms with Crippen LogP contribution in [0.25, 0.3) is 0 Å². The highest BCUT2D eigenvalue weighted by atomic mass is 32.3. The van der Waals surface area contributed by atoms with Gasteiger partial charge in [0, 0.05) is 12.6 Å². The highest BCUT2D eigenvalue weighted by Gasteiger charge is 2.43. The van der Waals surface area contributed by atoms with Gasteiger partial charge in [0.05, 0.1) is 11.4 Å². The van der Waals surface area contributed by atoms with Crippen molar-refractivity contribution in [3.05, 3.63) is 54.1 Å². The lowest BCUT2D eigenvalue weighted by Gasteiger charge is -2.44. The van der Waals surface area contributed by atoms with E-state index in [1.807, 2.05) is 0 Å². The zero-order valence-corrected chi connectivity index (χ0v) is 15.6. The molecule has 2 aliphatic rings. The summed E-state index contributed by atoms with van der Waals surface area (Å²) in [6, 6.07) is 10.9. The van der Waals surface area contributed by atoms with Gasteiger partial charge in [-0.2, -0.15) is 0 Å². The Hall–Kier alpha value is -1.87. The zero-order chi connectivity index (χ0) is 19.0. The van der Waals surface area contributed by atoms with E-state index in [0.717, 1.165) is 23.0 Å². The van der Waals surface area contributed by atoms with E-state index in [1.165, 1.54) is 29.6 Å². The third-order valence-corrected chi connectivity index (χ3v) is 6.97. The van der Waals surface area contributed by atoms with Gasteiger partial charge in [0.2, 0.25) is 0 Å². The quantitative estimate of drug-likeness (QED) is 0.599. The van der Waals surface area contributed by atoms with Crippen molar-refractivity contribution in [3.8, 4) is 0 Å². The van der Waals surface area contributed by atoms with Crippen molar-refractivity contribution in [2.24, 2.45) is 0 Å². The fourth-order valence-corrected chi connectivity index (χ4v) is 5.35. The molecule has 1 heterocycles. The predicted octanol–water partition coefficient (Wildman–Crippen LogP) is 5.04. The smallest absolute Gasteiger partial charge is 0.151 e. The van der Waals surface area contributed by atoms with E-state index in [1.54, 1.807) is 24.3 Å². The Bertz CT molecular complexity index is 812. The average molecular weight is 395 g/mol. The Morgan fingerprint density at radius 3 is 2.30 bits per heavy atom. The number of hydrogen-bond acceptors (Lipinski definition) is 5. The molecule has 0 unspecified atom stereocenters. The minimum absolute atomic E-state index is 0.367. The second-order valence-electron chi connectivity index (χ2n) is 6.88. The minimum atomic E-state index is -3.62. The van der Waals surface area contributed by atoms with Crippen LogP contribution in [0.3, 0.4) is 0 Å². The van der Waals surface area contributed by atoms with Gasteiger partial charge < -0.3 is 5.32 Å². The summed E-state index contributed by atoms with van der Waals surface area (Å²) in [7, 11) is -3.62. The Morgan fingerprint density at radius 1 is 1.00 bits per heavy atom. The first-order valence-corrected chi connectivity index (χ1v) is 10.6. The maximum absolute atomic E-state index is 14.4. The van der Waals surface area contributed by atoms with Gasteiger partial charge in [-0.25, -0.2) is 13.1 Å². The van der Waals surface area contributed by atoms with Crippen molar-refractivity contribution in [2.75, 3.05) is 21.7 Å². The SMILES string of the molecule is OS1(O)N(CCCNC2CCC2)c2ccccc2N1c1c(F)cccc1F. The van der Waals surface area contributed by atoms with Crippen molar-refractivity contribution in [3.63, 3.8) is 0 Å². The molecule has 0 radical (unpaired) electrons. The maximum atomic E-state index is 14.4. The van der Waals surface area contributed by atoms with Crippen LogP contribution in [-0.2, 0) is 0 Å². The summed E-state index contributed by atoms with van der Waals surface area (Å²) in [5, 5.41) is 3.44. The number of nitrogens with zero attached hydrogens (tertiary/aromatic N) is 2. The number of halogens is 2. The van der Waals surface area contributed by atoms with Crippen LogP contribution in [0.1, 0.15) is 25.7 Å².